The van der Waals surface area contributed by atoms with Crippen molar-refractivity contribution in [1.82, 2.24) is 15.3 Å². The molecule has 0 saturated heterocycles. The van der Waals surface area contributed by atoms with Crippen LogP contribution < -0.4 is 5.32 Å². The number of rotatable bonds is 5. The van der Waals surface area contributed by atoms with Gasteiger partial charge in [0.1, 0.15) is 5.75 Å². The summed E-state index contributed by atoms with van der Waals surface area (Å²) in [6.07, 6.45) is 3.69. The maximum Gasteiger partial charge on any atom is 0.255 e. The van der Waals surface area contributed by atoms with Gasteiger partial charge in [-0.3, -0.25) is 4.79 Å². The van der Waals surface area contributed by atoms with Gasteiger partial charge in [-0.1, -0.05) is 12.1 Å². The Morgan fingerprint density at radius 2 is 2.20 bits per heavy atom. The van der Waals surface area contributed by atoms with Gasteiger partial charge in [-0.15, -0.1) is 12.4 Å². The lowest BCUT2D eigenvalue weighted by Crippen LogP contribution is -2.26. The fraction of sp³-hybridized carbons (Fsp3) is 0.231. The van der Waals surface area contributed by atoms with E-state index in [-0.39, 0.29) is 36.9 Å². The maximum absolute atomic E-state index is 11.8. The minimum atomic E-state index is -0.405. The largest absolute Gasteiger partial charge is 0.507 e. The molecule has 1 aromatic heterocycles. The standard InChI is InChI=1S/C13H15N3O3.ClH/c17-5-4-15-13(19)11-3-1-2-9(12(11)18)6-10-7-14-8-16-10;/h1-3,7-8,17-18H,4-6H2,(H,14,16)(H,15,19);1H. The molecule has 1 aromatic carbocycles. The van der Waals surface area contributed by atoms with Crippen LogP contribution >= 0.6 is 12.4 Å². The van der Waals surface area contributed by atoms with Gasteiger partial charge >= 0.3 is 0 Å². The highest BCUT2D eigenvalue weighted by Gasteiger charge is 2.14. The van der Waals surface area contributed by atoms with Crippen molar-refractivity contribution in [3.8, 4) is 5.75 Å². The predicted octanol–water partition coefficient (Wildman–Crippen LogP) is 0.850. The van der Waals surface area contributed by atoms with Crippen LogP contribution in [0.3, 0.4) is 0 Å². The lowest BCUT2D eigenvalue weighted by atomic mass is 10.0. The van der Waals surface area contributed by atoms with Gasteiger partial charge in [-0.25, -0.2) is 4.98 Å². The van der Waals surface area contributed by atoms with Gasteiger partial charge in [0.05, 0.1) is 18.5 Å². The summed E-state index contributed by atoms with van der Waals surface area (Å²) in [5.41, 5.74) is 1.69. The van der Waals surface area contributed by atoms with E-state index in [0.29, 0.717) is 12.0 Å². The first-order valence-electron chi connectivity index (χ1n) is 5.89. The molecule has 2 aromatic rings. The van der Waals surface area contributed by atoms with Crippen molar-refractivity contribution < 1.29 is 15.0 Å². The first kappa shape index (κ1) is 16.0. The molecule has 0 aliphatic rings. The molecule has 0 unspecified atom stereocenters. The Labute approximate surface area is 122 Å². The third-order valence-corrected chi connectivity index (χ3v) is 2.70. The number of halogens is 1. The molecular formula is C13H16ClN3O3. The molecule has 1 amide bonds. The molecule has 0 atom stereocenters. The summed E-state index contributed by atoms with van der Waals surface area (Å²) in [6, 6.07) is 5.00. The zero-order valence-corrected chi connectivity index (χ0v) is 11.5. The molecule has 0 spiro atoms. The fourth-order valence-corrected chi connectivity index (χ4v) is 1.77. The zero-order valence-electron chi connectivity index (χ0n) is 10.7. The number of aromatic nitrogens is 2. The SMILES string of the molecule is Cl.O=C(NCCO)c1cccc(Cc2cnc[nH]2)c1O. The van der Waals surface area contributed by atoms with Crippen LogP contribution in [0.25, 0.3) is 0 Å². The number of carbonyl (C=O) groups excluding carboxylic acids is 1. The minimum Gasteiger partial charge on any atom is -0.507 e. The van der Waals surface area contributed by atoms with Crippen molar-refractivity contribution in [2.45, 2.75) is 6.42 Å². The highest BCUT2D eigenvalue weighted by Crippen LogP contribution is 2.24. The third kappa shape index (κ3) is 3.72. The second-order valence-corrected chi connectivity index (χ2v) is 4.05. The Balaban J connectivity index is 0.00000200. The van der Waals surface area contributed by atoms with E-state index < -0.39 is 5.91 Å². The van der Waals surface area contributed by atoms with Crippen LogP contribution in [0, 0.1) is 0 Å². The highest BCUT2D eigenvalue weighted by atomic mass is 35.5. The minimum absolute atomic E-state index is 0. The van der Waals surface area contributed by atoms with Crippen molar-refractivity contribution in [1.29, 1.82) is 0 Å². The molecule has 1 heterocycles. The van der Waals surface area contributed by atoms with Crippen LogP contribution in [-0.2, 0) is 6.42 Å². The molecule has 4 N–H and O–H groups in total. The lowest BCUT2D eigenvalue weighted by molar-refractivity contribution is 0.0942. The van der Waals surface area contributed by atoms with Gasteiger partial charge in [-0.05, 0) is 6.07 Å². The molecule has 6 nitrogen and oxygen atoms in total. The number of benzene rings is 1. The number of imidazole rings is 1. The number of amides is 1. The number of nitrogens with one attached hydrogen (secondary N) is 2. The number of aliphatic hydroxyl groups excluding tert-OH is 1. The molecular weight excluding hydrogens is 282 g/mol. The number of aromatic amines is 1. The van der Waals surface area contributed by atoms with E-state index in [1.165, 1.54) is 0 Å². The quantitative estimate of drug-likeness (QED) is 0.657. The molecule has 108 valence electrons. The number of aromatic hydroxyl groups is 1. The number of phenols is 1. The molecule has 0 radical (unpaired) electrons. The van der Waals surface area contributed by atoms with E-state index in [9.17, 15) is 9.90 Å². The normalized spacial score (nSPS) is 9.85. The molecule has 7 heteroatoms. The Kier molecular flexibility index (Phi) is 6.02. The fourth-order valence-electron chi connectivity index (χ4n) is 1.77. The number of para-hydroxylation sites is 1. The van der Waals surface area contributed by atoms with E-state index in [4.69, 9.17) is 5.11 Å². The summed E-state index contributed by atoms with van der Waals surface area (Å²) in [6.45, 7) is 0.0172. The van der Waals surface area contributed by atoms with Crippen LogP contribution in [0.1, 0.15) is 21.6 Å². The number of phenolic OH excluding ortho intramolecular Hbond substituents is 1. The number of nitrogens with zero attached hydrogens (tertiary/aromatic N) is 1. The van der Waals surface area contributed by atoms with Crippen molar-refractivity contribution in [3.63, 3.8) is 0 Å². The molecule has 0 aliphatic heterocycles. The van der Waals surface area contributed by atoms with Crippen molar-refractivity contribution in [3.05, 3.63) is 47.5 Å². The smallest absolute Gasteiger partial charge is 0.255 e. The summed E-state index contributed by atoms with van der Waals surface area (Å²) in [5, 5.41) is 21.3. The Bertz CT molecular complexity index is 558. The molecule has 0 bridgehead atoms. The molecule has 0 aliphatic carbocycles. The summed E-state index contributed by atoms with van der Waals surface area (Å²) in [5.74, 6) is -0.453. The van der Waals surface area contributed by atoms with Gasteiger partial charge in [0.25, 0.3) is 5.91 Å². The van der Waals surface area contributed by atoms with E-state index >= 15 is 0 Å². The van der Waals surface area contributed by atoms with Crippen LogP contribution in [0.15, 0.2) is 30.7 Å². The van der Waals surface area contributed by atoms with Gasteiger partial charge < -0.3 is 20.5 Å². The third-order valence-electron chi connectivity index (χ3n) is 2.70. The number of hydrogen-bond acceptors (Lipinski definition) is 4. The average Bonchev–Trinajstić information content (AvgIpc) is 2.91. The summed E-state index contributed by atoms with van der Waals surface area (Å²) in [4.78, 5) is 18.6. The number of hydrogen-bond donors (Lipinski definition) is 4. The average molecular weight is 298 g/mol. The van der Waals surface area contributed by atoms with E-state index in [1.807, 2.05) is 0 Å². The molecule has 0 saturated carbocycles. The van der Waals surface area contributed by atoms with Gasteiger partial charge in [0.15, 0.2) is 0 Å². The van der Waals surface area contributed by atoms with Gasteiger partial charge in [0.2, 0.25) is 0 Å². The van der Waals surface area contributed by atoms with E-state index in [1.54, 1.807) is 30.7 Å². The molecule has 20 heavy (non-hydrogen) atoms. The van der Waals surface area contributed by atoms with E-state index in [0.717, 1.165) is 5.69 Å². The Morgan fingerprint density at radius 1 is 1.40 bits per heavy atom. The Hall–Kier alpha value is -2.05. The number of aliphatic hydroxyl groups is 1. The van der Waals surface area contributed by atoms with Gasteiger partial charge in [0, 0.05) is 30.4 Å². The van der Waals surface area contributed by atoms with Crippen LogP contribution in [-0.4, -0.2) is 39.2 Å². The second kappa shape index (κ2) is 7.52. The second-order valence-electron chi connectivity index (χ2n) is 4.05. The van der Waals surface area contributed by atoms with Gasteiger partial charge in [-0.2, -0.15) is 0 Å². The van der Waals surface area contributed by atoms with Crippen LogP contribution in [0.4, 0.5) is 0 Å². The van der Waals surface area contributed by atoms with Crippen molar-refractivity contribution in [2.24, 2.45) is 0 Å². The van der Waals surface area contributed by atoms with Crippen LogP contribution in [0.5, 0.6) is 5.75 Å². The predicted molar refractivity (Wildman–Crippen MR) is 76.2 cm³/mol. The van der Waals surface area contributed by atoms with Crippen molar-refractivity contribution in [2.75, 3.05) is 13.2 Å². The lowest BCUT2D eigenvalue weighted by Gasteiger charge is -2.09. The topological polar surface area (TPSA) is 98.2 Å². The first-order valence-corrected chi connectivity index (χ1v) is 5.89. The van der Waals surface area contributed by atoms with Crippen LogP contribution in [0.2, 0.25) is 0 Å². The zero-order chi connectivity index (χ0) is 13.7. The highest BCUT2D eigenvalue weighted by molar-refractivity contribution is 5.97. The number of H-pyrrole nitrogens is 1. The number of carbonyl (C=O) groups is 1. The molecule has 0 fully saturated rings. The monoisotopic (exact) mass is 297 g/mol. The first-order chi connectivity index (χ1) is 9.22. The summed E-state index contributed by atoms with van der Waals surface area (Å²) < 4.78 is 0. The summed E-state index contributed by atoms with van der Waals surface area (Å²) >= 11 is 0. The van der Waals surface area contributed by atoms with E-state index in [2.05, 4.69) is 15.3 Å². The van der Waals surface area contributed by atoms with Crippen molar-refractivity contribution >= 4 is 18.3 Å². The Morgan fingerprint density at radius 3 is 2.85 bits per heavy atom. The molecule has 2 rings (SSSR count). The maximum atomic E-state index is 11.8. The summed E-state index contributed by atoms with van der Waals surface area (Å²) in [7, 11) is 0.